The summed E-state index contributed by atoms with van der Waals surface area (Å²) in [6.45, 7) is 6.13. The fraction of sp³-hybridized carbons (Fsp3) is 0.500. The molecule has 1 amide bonds. The summed E-state index contributed by atoms with van der Waals surface area (Å²) >= 11 is 0. The molecule has 0 aromatic heterocycles. The second-order valence-electron chi connectivity index (χ2n) is 5.04. The molecule has 108 valence electrons. The molecular weight excluding hydrogens is 267 g/mol. The molecule has 3 N–H and O–H groups in total. The maximum atomic E-state index is 13.1. The van der Waals surface area contributed by atoms with Crippen LogP contribution in [-0.4, -0.2) is 11.9 Å². The molecule has 0 radical (unpaired) electrons. The lowest BCUT2D eigenvalue weighted by molar-refractivity contribution is -0.122. The molecule has 0 unspecified atom stereocenters. The SMILES string of the molecule is Cc1cc(CNC(=O)[C@@H](N)CC(C)C)ccc1F.Cl. The fourth-order valence-corrected chi connectivity index (χ4v) is 1.75. The largest absolute Gasteiger partial charge is 0.351 e. The van der Waals surface area contributed by atoms with E-state index in [0.29, 0.717) is 24.4 Å². The van der Waals surface area contributed by atoms with Crippen LogP contribution in [-0.2, 0) is 11.3 Å². The normalized spacial score (nSPS) is 11.9. The molecule has 0 aliphatic rings. The average molecular weight is 289 g/mol. The minimum absolute atomic E-state index is 0. The van der Waals surface area contributed by atoms with Gasteiger partial charge in [0.25, 0.3) is 0 Å². The molecular formula is C14H22ClFN2O. The van der Waals surface area contributed by atoms with Gasteiger partial charge in [-0.25, -0.2) is 4.39 Å². The van der Waals surface area contributed by atoms with Gasteiger partial charge in [-0.2, -0.15) is 0 Å². The van der Waals surface area contributed by atoms with Crippen molar-refractivity contribution in [3.63, 3.8) is 0 Å². The fourth-order valence-electron chi connectivity index (χ4n) is 1.75. The van der Waals surface area contributed by atoms with Crippen LogP contribution in [0.3, 0.4) is 0 Å². The minimum atomic E-state index is -0.480. The molecule has 0 aliphatic carbocycles. The Bertz CT molecular complexity index is 424. The standard InChI is InChI=1S/C14H21FN2O.ClH/c1-9(2)6-13(16)14(18)17-8-11-4-5-12(15)10(3)7-11;/h4-5,7,9,13H,6,8,16H2,1-3H3,(H,17,18);1H/t13-;/m0./s1. The number of nitrogens with one attached hydrogen (secondary N) is 1. The summed E-state index contributed by atoms with van der Waals surface area (Å²) in [6.07, 6.45) is 0.661. The van der Waals surface area contributed by atoms with Crippen molar-refractivity contribution in [2.24, 2.45) is 11.7 Å². The Morgan fingerprint density at radius 1 is 1.42 bits per heavy atom. The number of benzene rings is 1. The van der Waals surface area contributed by atoms with Crippen molar-refractivity contribution in [1.29, 1.82) is 0 Å². The number of halogens is 2. The van der Waals surface area contributed by atoms with Crippen molar-refractivity contribution >= 4 is 18.3 Å². The Morgan fingerprint density at radius 2 is 2.05 bits per heavy atom. The summed E-state index contributed by atoms with van der Waals surface area (Å²) in [4.78, 5) is 11.7. The van der Waals surface area contributed by atoms with E-state index in [4.69, 9.17) is 5.73 Å². The molecule has 0 spiro atoms. The van der Waals surface area contributed by atoms with E-state index in [9.17, 15) is 9.18 Å². The van der Waals surface area contributed by atoms with Gasteiger partial charge in [-0.05, 0) is 36.5 Å². The minimum Gasteiger partial charge on any atom is -0.351 e. The van der Waals surface area contributed by atoms with Crippen molar-refractivity contribution < 1.29 is 9.18 Å². The lowest BCUT2D eigenvalue weighted by Crippen LogP contribution is -2.41. The number of nitrogens with two attached hydrogens (primary N) is 1. The third-order valence-corrected chi connectivity index (χ3v) is 2.75. The second-order valence-corrected chi connectivity index (χ2v) is 5.04. The highest BCUT2D eigenvalue weighted by molar-refractivity contribution is 5.85. The number of carbonyl (C=O) groups excluding carboxylic acids is 1. The zero-order valence-corrected chi connectivity index (χ0v) is 12.4. The summed E-state index contributed by atoms with van der Waals surface area (Å²) in [6, 6.07) is 4.32. The summed E-state index contributed by atoms with van der Waals surface area (Å²) < 4.78 is 13.1. The molecule has 0 heterocycles. The van der Waals surface area contributed by atoms with Crippen LogP contribution in [0, 0.1) is 18.7 Å². The van der Waals surface area contributed by atoms with Gasteiger partial charge in [0, 0.05) is 6.54 Å². The van der Waals surface area contributed by atoms with E-state index in [-0.39, 0.29) is 24.1 Å². The number of rotatable bonds is 5. The lowest BCUT2D eigenvalue weighted by Gasteiger charge is -2.14. The molecule has 1 rings (SSSR count). The predicted octanol–water partition coefficient (Wildman–Crippen LogP) is 2.55. The zero-order valence-electron chi connectivity index (χ0n) is 11.6. The summed E-state index contributed by atoms with van der Waals surface area (Å²) in [5.74, 6) is -0.00826. The van der Waals surface area contributed by atoms with Crippen molar-refractivity contribution in [3.8, 4) is 0 Å². The molecule has 1 atom stereocenters. The van der Waals surface area contributed by atoms with Crippen LogP contribution in [0.1, 0.15) is 31.4 Å². The molecule has 0 saturated carbocycles. The number of hydrogen-bond donors (Lipinski definition) is 2. The van der Waals surface area contributed by atoms with Crippen LogP contribution in [0.4, 0.5) is 4.39 Å². The smallest absolute Gasteiger partial charge is 0.237 e. The third-order valence-electron chi connectivity index (χ3n) is 2.75. The molecule has 0 bridgehead atoms. The number of hydrogen-bond acceptors (Lipinski definition) is 2. The quantitative estimate of drug-likeness (QED) is 0.875. The molecule has 3 nitrogen and oxygen atoms in total. The maximum Gasteiger partial charge on any atom is 0.237 e. The first-order valence-electron chi connectivity index (χ1n) is 6.18. The van der Waals surface area contributed by atoms with Gasteiger partial charge >= 0.3 is 0 Å². The van der Waals surface area contributed by atoms with Crippen LogP contribution < -0.4 is 11.1 Å². The van der Waals surface area contributed by atoms with Crippen molar-refractivity contribution in [2.75, 3.05) is 0 Å². The molecule has 0 fully saturated rings. The van der Waals surface area contributed by atoms with E-state index in [1.54, 1.807) is 19.1 Å². The van der Waals surface area contributed by atoms with Gasteiger partial charge in [-0.3, -0.25) is 4.79 Å². The van der Waals surface area contributed by atoms with E-state index in [2.05, 4.69) is 5.32 Å². The topological polar surface area (TPSA) is 55.1 Å². The second kappa shape index (κ2) is 8.12. The van der Waals surface area contributed by atoms with Crippen molar-refractivity contribution in [1.82, 2.24) is 5.32 Å². The monoisotopic (exact) mass is 288 g/mol. The highest BCUT2D eigenvalue weighted by atomic mass is 35.5. The van der Waals surface area contributed by atoms with E-state index in [1.165, 1.54) is 6.07 Å². The molecule has 0 aliphatic heterocycles. The van der Waals surface area contributed by atoms with Gasteiger partial charge in [0.05, 0.1) is 6.04 Å². The van der Waals surface area contributed by atoms with E-state index in [0.717, 1.165) is 5.56 Å². The first-order chi connectivity index (χ1) is 8.40. The molecule has 19 heavy (non-hydrogen) atoms. The van der Waals surface area contributed by atoms with E-state index in [1.807, 2.05) is 13.8 Å². The number of carbonyl (C=O) groups is 1. The van der Waals surface area contributed by atoms with E-state index >= 15 is 0 Å². The van der Waals surface area contributed by atoms with Gasteiger partial charge in [0.1, 0.15) is 5.82 Å². The highest BCUT2D eigenvalue weighted by Crippen LogP contribution is 2.09. The Labute approximate surface area is 120 Å². The van der Waals surface area contributed by atoms with E-state index < -0.39 is 6.04 Å². The number of aryl methyl sites for hydroxylation is 1. The maximum absolute atomic E-state index is 13.1. The summed E-state index contributed by atoms with van der Waals surface area (Å²) in [5, 5.41) is 2.76. The molecule has 0 saturated heterocycles. The number of amides is 1. The Hall–Kier alpha value is -1.13. The molecule has 1 aromatic carbocycles. The molecule has 1 aromatic rings. The van der Waals surface area contributed by atoms with Crippen molar-refractivity contribution in [2.45, 2.75) is 39.8 Å². The average Bonchev–Trinajstić information content (AvgIpc) is 2.29. The first-order valence-corrected chi connectivity index (χ1v) is 6.18. The van der Waals surface area contributed by atoms with Gasteiger partial charge in [-0.15, -0.1) is 12.4 Å². The van der Waals surface area contributed by atoms with Gasteiger partial charge in [0.2, 0.25) is 5.91 Å². The first kappa shape index (κ1) is 17.9. The Morgan fingerprint density at radius 3 is 2.58 bits per heavy atom. The van der Waals surface area contributed by atoms with Gasteiger partial charge in [0.15, 0.2) is 0 Å². The van der Waals surface area contributed by atoms with Gasteiger partial charge in [-0.1, -0.05) is 26.0 Å². The van der Waals surface area contributed by atoms with Gasteiger partial charge < -0.3 is 11.1 Å². The summed E-state index contributed by atoms with van der Waals surface area (Å²) in [5.41, 5.74) is 7.22. The van der Waals surface area contributed by atoms with Crippen LogP contribution in [0.15, 0.2) is 18.2 Å². The van der Waals surface area contributed by atoms with Crippen LogP contribution in [0.2, 0.25) is 0 Å². The third kappa shape index (κ3) is 6.03. The Balaban J connectivity index is 0.00000324. The zero-order chi connectivity index (χ0) is 13.7. The highest BCUT2D eigenvalue weighted by Gasteiger charge is 2.14. The van der Waals surface area contributed by atoms with Crippen molar-refractivity contribution in [3.05, 3.63) is 35.1 Å². The Kier molecular flexibility index (Phi) is 7.64. The summed E-state index contributed by atoms with van der Waals surface area (Å²) in [7, 11) is 0. The van der Waals surface area contributed by atoms with Crippen LogP contribution in [0.5, 0.6) is 0 Å². The lowest BCUT2D eigenvalue weighted by atomic mass is 10.0. The van der Waals surface area contributed by atoms with Crippen LogP contribution >= 0.6 is 12.4 Å². The molecule has 5 heteroatoms. The van der Waals surface area contributed by atoms with Crippen LogP contribution in [0.25, 0.3) is 0 Å². The predicted molar refractivity (Wildman–Crippen MR) is 77.7 cm³/mol.